The summed E-state index contributed by atoms with van der Waals surface area (Å²) in [5, 5.41) is 0. The van der Waals surface area contributed by atoms with Gasteiger partial charge in [-0.15, -0.1) is 0 Å². The molecule has 7 nitrogen and oxygen atoms in total. The summed E-state index contributed by atoms with van der Waals surface area (Å²) >= 11 is 0. The van der Waals surface area contributed by atoms with Gasteiger partial charge in [-0.3, -0.25) is 0 Å². The Balaban J connectivity index is 1.03. The number of piperidine rings is 1. The summed E-state index contributed by atoms with van der Waals surface area (Å²) in [5.74, 6) is 3.52. The number of aryl methyl sites for hydroxylation is 1. The molecule has 1 saturated heterocycles. The van der Waals surface area contributed by atoms with Crippen LogP contribution in [0.1, 0.15) is 37.3 Å². The van der Waals surface area contributed by atoms with Crippen LogP contribution in [-0.4, -0.2) is 39.6 Å². The van der Waals surface area contributed by atoms with Crippen LogP contribution < -0.4 is 10.6 Å². The zero-order valence-corrected chi connectivity index (χ0v) is 19.2. The standard InChI is InChI=1S/C26H32N6O/c1-2-18-14-29-26(30-15-18)32-11-8-20(9-12-32)23-13-22(23)17-33-16-19-3-5-21(6-4-19)24-7-10-28-25(27)31-24/h3-7,10,14-15,20,22-23H,2,8-9,11-13,16-17H2,1H3,(H2,27,28,31). The molecule has 33 heavy (non-hydrogen) atoms. The van der Waals surface area contributed by atoms with Crippen molar-refractivity contribution in [2.75, 3.05) is 30.3 Å². The largest absolute Gasteiger partial charge is 0.376 e. The van der Waals surface area contributed by atoms with Crippen molar-refractivity contribution in [3.05, 3.63) is 60.0 Å². The van der Waals surface area contributed by atoms with Gasteiger partial charge in [0.15, 0.2) is 0 Å². The lowest BCUT2D eigenvalue weighted by Gasteiger charge is -2.32. The van der Waals surface area contributed by atoms with Crippen molar-refractivity contribution in [2.24, 2.45) is 17.8 Å². The highest BCUT2D eigenvalue weighted by molar-refractivity contribution is 5.59. The predicted octanol–water partition coefficient (Wildman–Crippen LogP) is 4.15. The molecule has 2 atom stereocenters. The highest BCUT2D eigenvalue weighted by atomic mass is 16.5. The van der Waals surface area contributed by atoms with Crippen LogP contribution in [0.3, 0.4) is 0 Å². The van der Waals surface area contributed by atoms with E-state index >= 15 is 0 Å². The molecule has 5 rings (SSSR count). The molecule has 3 aromatic rings. The van der Waals surface area contributed by atoms with Gasteiger partial charge in [0.25, 0.3) is 0 Å². The lowest BCUT2D eigenvalue weighted by molar-refractivity contribution is 0.104. The third kappa shape index (κ3) is 5.30. The van der Waals surface area contributed by atoms with E-state index in [4.69, 9.17) is 10.5 Å². The Hall–Kier alpha value is -3.06. The number of hydrogen-bond donors (Lipinski definition) is 1. The second kappa shape index (κ2) is 9.83. The Labute approximate surface area is 195 Å². The van der Waals surface area contributed by atoms with Gasteiger partial charge in [0.05, 0.1) is 18.9 Å². The van der Waals surface area contributed by atoms with E-state index in [-0.39, 0.29) is 0 Å². The number of nitrogen functional groups attached to an aromatic ring is 1. The summed E-state index contributed by atoms with van der Waals surface area (Å²) in [4.78, 5) is 19.7. The van der Waals surface area contributed by atoms with Crippen LogP contribution in [0.15, 0.2) is 48.9 Å². The predicted molar refractivity (Wildman–Crippen MR) is 129 cm³/mol. The molecule has 0 spiro atoms. The lowest BCUT2D eigenvalue weighted by Crippen LogP contribution is -2.35. The van der Waals surface area contributed by atoms with Gasteiger partial charge in [0.1, 0.15) is 0 Å². The van der Waals surface area contributed by atoms with E-state index in [9.17, 15) is 0 Å². The Morgan fingerprint density at radius 2 is 1.76 bits per heavy atom. The van der Waals surface area contributed by atoms with Gasteiger partial charge in [-0.1, -0.05) is 31.2 Å². The maximum atomic E-state index is 6.07. The highest BCUT2D eigenvalue weighted by Gasteiger charge is 2.43. The fraction of sp³-hybridized carbons (Fsp3) is 0.462. The average molecular weight is 445 g/mol. The molecular weight excluding hydrogens is 412 g/mol. The number of anilines is 2. The molecule has 7 heteroatoms. The van der Waals surface area contributed by atoms with Crippen LogP contribution in [0.5, 0.6) is 0 Å². The molecule has 2 aliphatic rings. The molecule has 2 fully saturated rings. The fourth-order valence-corrected chi connectivity index (χ4v) is 4.90. The van der Waals surface area contributed by atoms with Crippen molar-refractivity contribution in [1.82, 2.24) is 19.9 Å². The summed E-state index contributed by atoms with van der Waals surface area (Å²) in [5.41, 5.74) is 9.93. The van der Waals surface area contributed by atoms with Gasteiger partial charge in [-0.2, -0.15) is 0 Å². The van der Waals surface area contributed by atoms with Crippen molar-refractivity contribution in [2.45, 2.75) is 39.2 Å². The molecule has 1 aliphatic heterocycles. The third-order valence-electron chi connectivity index (χ3n) is 7.03. The SMILES string of the molecule is CCc1cnc(N2CCC(C3CC3COCc3ccc(-c4ccnc(N)n4)cc3)CC2)nc1. The topological polar surface area (TPSA) is 90.0 Å². The van der Waals surface area contributed by atoms with Gasteiger partial charge < -0.3 is 15.4 Å². The van der Waals surface area contributed by atoms with Crippen molar-refractivity contribution in [1.29, 1.82) is 0 Å². The number of benzene rings is 1. The minimum atomic E-state index is 0.295. The van der Waals surface area contributed by atoms with E-state index in [0.717, 1.165) is 55.2 Å². The van der Waals surface area contributed by atoms with E-state index in [1.54, 1.807) is 6.20 Å². The first-order chi connectivity index (χ1) is 16.2. The summed E-state index contributed by atoms with van der Waals surface area (Å²) in [6, 6.07) is 10.2. The van der Waals surface area contributed by atoms with Crippen LogP contribution in [-0.2, 0) is 17.8 Å². The molecule has 0 radical (unpaired) electrons. The number of nitrogens with zero attached hydrogens (tertiary/aromatic N) is 5. The monoisotopic (exact) mass is 444 g/mol. The van der Waals surface area contributed by atoms with Crippen molar-refractivity contribution >= 4 is 11.9 Å². The second-order valence-corrected chi connectivity index (χ2v) is 9.24. The van der Waals surface area contributed by atoms with E-state index in [0.29, 0.717) is 18.5 Å². The summed E-state index contributed by atoms with van der Waals surface area (Å²) in [7, 11) is 0. The Morgan fingerprint density at radius 3 is 2.45 bits per heavy atom. The maximum absolute atomic E-state index is 6.07. The van der Waals surface area contributed by atoms with E-state index in [2.05, 4.69) is 56.0 Å². The van der Waals surface area contributed by atoms with Crippen LogP contribution in [0.4, 0.5) is 11.9 Å². The molecule has 1 saturated carbocycles. The highest BCUT2D eigenvalue weighted by Crippen LogP contribution is 2.48. The summed E-state index contributed by atoms with van der Waals surface area (Å²) < 4.78 is 6.07. The van der Waals surface area contributed by atoms with Gasteiger partial charge in [-0.05, 0) is 60.6 Å². The van der Waals surface area contributed by atoms with Crippen molar-refractivity contribution in [3.63, 3.8) is 0 Å². The van der Waals surface area contributed by atoms with E-state index < -0.39 is 0 Å². The van der Waals surface area contributed by atoms with Crippen LogP contribution in [0.2, 0.25) is 0 Å². The molecule has 0 bridgehead atoms. The summed E-state index contributed by atoms with van der Waals surface area (Å²) in [6.45, 7) is 5.76. The molecule has 1 aromatic carbocycles. The fourth-order valence-electron chi connectivity index (χ4n) is 4.90. The van der Waals surface area contributed by atoms with E-state index in [1.807, 2.05) is 18.5 Å². The summed E-state index contributed by atoms with van der Waals surface area (Å²) in [6.07, 6.45) is 10.4. The maximum Gasteiger partial charge on any atom is 0.225 e. The zero-order chi connectivity index (χ0) is 22.6. The average Bonchev–Trinajstić information content (AvgIpc) is 3.64. The normalized spacial score (nSPS) is 20.7. The van der Waals surface area contributed by atoms with Crippen LogP contribution in [0.25, 0.3) is 11.3 Å². The molecule has 2 N–H and O–H groups in total. The van der Waals surface area contributed by atoms with Crippen LogP contribution >= 0.6 is 0 Å². The van der Waals surface area contributed by atoms with Gasteiger partial charge >= 0.3 is 0 Å². The van der Waals surface area contributed by atoms with Gasteiger partial charge in [0, 0.05) is 37.2 Å². The Bertz CT molecular complexity index is 1050. The first-order valence-corrected chi connectivity index (χ1v) is 12.0. The quantitative estimate of drug-likeness (QED) is 0.558. The van der Waals surface area contributed by atoms with Crippen molar-refractivity contribution < 1.29 is 4.74 Å². The smallest absolute Gasteiger partial charge is 0.225 e. The number of nitrogens with two attached hydrogens (primary N) is 1. The van der Waals surface area contributed by atoms with E-state index in [1.165, 1.54) is 30.4 Å². The van der Waals surface area contributed by atoms with Gasteiger partial charge in [-0.25, -0.2) is 19.9 Å². The first kappa shape index (κ1) is 21.8. The third-order valence-corrected chi connectivity index (χ3v) is 7.03. The number of rotatable bonds is 8. The molecule has 2 aromatic heterocycles. The molecular formula is C26H32N6O. The molecule has 172 valence electrons. The molecule has 1 aliphatic carbocycles. The Kier molecular flexibility index (Phi) is 6.48. The number of hydrogen-bond acceptors (Lipinski definition) is 7. The first-order valence-electron chi connectivity index (χ1n) is 12.0. The van der Waals surface area contributed by atoms with Crippen molar-refractivity contribution in [3.8, 4) is 11.3 Å². The number of aromatic nitrogens is 4. The minimum Gasteiger partial charge on any atom is -0.376 e. The molecule has 2 unspecified atom stereocenters. The van der Waals surface area contributed by atoms with Gasteiger partial charge in [0.2, 0.25) is 11.9 Å². The molecule has 3 heterocycles. The lowest BCUT2D eigenvalue weighted by atomic mass is 9.91. The van der Waals surface area contributed by atoms with Crippen LogP contribution in [0, 0.1) is 17.8 Å². The Morgan fingerprint density at radius 1 is 1.00 bits per heavy atom. The molecule has 0 amide bonds. The number of ether oxygens (including phenoxy) is 1. The minimum absolute atomic E-state index is 0.295. The second-order valence-electron chi connectivity index (χ2n) is 9.24. The zero-order valence-electron chi connectivity index (χ0n) is 19.2.